The molecule has 1 aromatic carbocycles. The molecule has 1 N–H and O–H groups in total. The van der Waals surface area contributed by atoms with Gasteiger partial charge in [-0.15, -0.1) is 0 Å². The van der Waals surface area contributed by atoms with E-state index in [0.29, 0.717) is 6.04 Å². The first kappa shape index (κ1) is 11.6. The van der Waals surface area contributed by atoms with Gasteiger partial charge in [0.1, 0.15) is 12.1 Å². The second-order valence-electron chi connectivity index (χ2n) is 5.25. The fourth-order valence-corrected chi connectivity index (χ4v) is 2.38. The van der Waals surface area contributed by atoms with E-state index in [4.69, 9.17) is 4.98 Å². The summed E-state index contributed by atoms with van der Waals surface area (Å²) in [4.78, 5) is 9.14. The minimum atomic E-state index is 0.703. The standard InChI is InChI=1S/C16H16N4/c1-2-6-15-14(5-1)18-11-20(15)16-7-3-4-13(19-16)10-17-12-8-9-12/h1-7,11-12,17H,8-10H2. The summed E-state index contributed by atoms with van der Waals surface area (Å²) in [7, 11) is 0. The van der Waals surface area contributed by atoms with Gasteiger partial charge >= 0.3 is 0 Å². The molecule has 1 aliphatic carbocycles. The average Bonchev–Trinajstić information content (AvgIpc) is 3.23. The fourth-order valence-electron chi connectivity index (χ4n) is 2.38. The fraction of sp³-hybridized carbons (Fsp3) is 0.250. The molecule has 0 saturated heterocycles. The third-order valence-electron chi connectivity index (χ3n) is 3.64. The summed E-state index contributed by atoms with van der Waals surface area (Å²) in [5.74, 6) is 0.925. The van der Waals surface area contributed by atoms with Crippen molar-refractivity contribution in [3.63, 3.8) is 0 Å². The molecule has 1 fully saturated rings. The van der Waals surface area contributed by atoms with E-state index >= 15 is 0 Å². The highest BCUT2D eigenvalue weighted by Crippen LogP contribution is 2.20. The Labute approximate surface area is 117 Å². The Morgan fingerprint density at radius 3 is 2.90 bits per heavy atom. The molecule has 20 heavy (non-hydrogen) atoms. The van der Waals surface area contributed by atoms with Crippen molar-refractivity contribution in [2.45, 2.75) is 25.4 Å². The topological polar surface area (TPSA) is 42.7 Å². The number of hydrogen-bond acceptors (Lipinski definition) is 3. The zero-order valence-corrected chi connectivity index (χ0v) is 11.2. The molecule has 4 rings (SSSR count). The minimum absolute atomic E-state index is 0.703. The second kappa shape index (κ2) is 4.72. The maximum absolute atomic E-state index is 4.73. The number of nitrogens with one attached hydrogen (secondary N) is 1. The molecule has 0 atom stereocenters. The third-order valence-corrected chi connectivity index (χ3v) is 3.64. The van der Waals surface area contributed by atoms with Crippen LogP contribution in [0.1, 0.15) is 18.5 Å². The summed E-state index contributed by atoms with van der Waals surface area (Å²) < 4.78 is 2.04. The predicted molar refractivity (Wildman–Crippen MR) is 78.7 cm³/mol. The van der Waals surface area contributed by atoms with Crippen molar-refractivity contribution in [2.24, 2.45) is 0 Å². The highest BCUT2D eigenvalue weighted by atomic mass is 15.1. The monoisotopic (exact) mass is 264 g/mol. The van der Waals surface area contributed by atoms with E-state index in [-0.39, 0.29) is 0 Å². The van der Waals surface area contributed by atoms with Gasteiger partial charge in [-0.2, -0.15) is 0 Å². The molecule has 2 aromatic heterocycles. The van der Waals surface area contributed by atoms with Crippen molar-refractivity contribution in [3.8, 4) is 5.82 Å². The van der Waals surface area contributed by atoms with Gasteiger partial charge in [0, 0.05) is 12.6 Å². The highest BCUT2D eigenvalue weighted by Gasteiger charge is 2.20. The lowest BCUT2D eigenvalue weighted by Crippen LogP contribution is -2.16. The van der Waals surface area contributed by atoms with Crippen LogP contribution in [-0.4, -0.2) is 20.6 Å². The van der Waals surface area contributed by atoms with Gasteiger partial charge in [0.15, 0.2) is 0 Å². The molecular formula is C16H16N4. The van der Waals surface area contributed by atoms with Gasteiger partial charge in [0.2, 0.25) is 0 Å². The highest BCUT2D eigenvalue weighted by molar-refractivity contribution is 5.76. The lowest BCUT2D eigenvalue weighted by atomic mass is 10.3. The van der Waals surface area contributed by atoms with E-state index in [1.807, 2.05) is 35.2 Å². The first-order chi connectivity index (χ1) is 9.90. The molecule has 0 aliphatic heterocycles. The van der Waals surface area contributed by atoms with Crippen LogP contribution >= 0.6 is 0 Å². The second-order valence-corrected chi connectivity index (χ2v) is 5.25. The van der Waals surface area contributed by atoms with Crippen molar-refractivity contribution >= 4 is 11.0 Å². The largest absolute Gasteiger partial charge is 0.308 e. The van der Waals surface area contributed by atoms with Crippen LogP contribution in [-0.2, 0) is 6.54 Å². The molecule has 0 bridgehead atoms. The SMILES string of the molecule is c1cc(CNC2CC2)nc(-n2cnc3ccccc32)c1. The Kier molecular flexibility index (Phi) is 2.74. The number of imidazole rings is 1. The number of pyridine rings is 1. The quantitative estimate of drug-likeness (QED) is 0.788. The van der Waals surface area contributed by atoms with Gasteiger partial charge < -0.3 is 5.32 Å². The summed E-state index contributed by atoms with van der Waals surface area (Å²) in [6.45, 7) is 0.838. The van der Waals surface area contributed by atoms with Crippen molar-refractivity contribution < 1.29 is 0 Å². The molecule has 3 aromatic rings. The van der Waals surface area contributed by atoms with Crippen LogP contribution < -0.4 is 5.32 Å². The lowest BCUT2D eigenvalue weighted by Gasteiger charge is -2.07. The van der Waals surface area contributed by atoms with Crippen molar-refractivity contribution in [2.75, 3.05) is 0 Å². The molecule has 1 saturated carbocycles. The molecule has 2 heterocycles. The zero-order chi connectivity index (χ0) is 13.4. The number of nitrogens with zero attached hydrogens (tertiary/aromatic N) is 3. The maximum atomic E-state index is 4.73. The Bertz CT molecular complexity index is 743. The van der Waals surface area contributed by atoms with Gasteiger partial charge in [-0.25, -0.2) is 9.97 Å². The lowest BCUT2D eigenvalue weighted by molar-refractivity contribution is 0.673. The van der Waals surface area contributed by atoms with Crippen LogP contribution in [0.3, 0.4) is 0 Å². The molecule has 1 aliphatic rings. The number of hydrogen-bond donors (Lipinski definition) is 1. The first-order valence-electron chi connectivity index (χ1n) is 7.02. The van der Waals surface area contributed by atoms with E-state index in [2.05, 4.69) is 28.5 Å². The number of para-hydroxylation sites is 2. The molecule has 0 amide bonds. The predicted octanol–water partition coefficient (Wildman–Crippen LogP) is 2.67. The molecule has 0 spiro atoms. The molecule has 0 unspecified atom stereocenters. The van der Waals surface area contributed by atoms with Crippen LogP contribution in [0.25, 0.3) is 16.9 Å². The summed E-state index contributed by atoms with van der Waals surface area (Å²) >= 11 is 0. The summed E-state index contributed by atoms with van der Waals surface area (Å²) in [6, 6.07) is 15.0. The van der Waals surface area contributed by atoms with Gasteiger partial charge in [0.25, 0.3) is 0 Å². The van der Waals surface area contributed by atoms with Gasteiger partial charge in [0.05, 0.1) is 16.7 Å². The van der Waals surface area contributed by atoms with Crippen molar-refractivity contribution in [1.82, 2.24) is 19.9 Å². The molecule has 4 nitrogen and oxygen atoms in total. The van der Waals surface area contributed by atoms with Crippen molar-refractivity contribution in [3.05, 3.63) is 54.5 Å². The summed E-state index contributed by atoms with van der Waals surface area (Å²) in [5.41, 5.74) is 3.16. The van der Waals surface area contributed by atoms with Gasteiger partial charge in [-0.1, -0.05) is 18.2 Å². The first-order valence-corrected chi connectivity index (χ1v) is 7.02. The van der Waals surface area contributed by atoms with Gasteiger partial charge in [-0.3, -0.25) is 4.57 Å². The van der Waals surface area contributed by atoms with Gasteiger partial charge in [-0.05, 0) is 37.1 Å². The van der Waals surface area contributed by atoms with E-state index in [1.54, 1.807) is 0 Å². The van der Waals surface area contributed by atoms with E-state index in [9.17, 15) is 0 Å². The van der Waals surface area contributed by atoms with Crippen molar-refractivity contribution in [1.29, 1.82) is 0 Å². The van der Waals surface area contributed by atoms with E-state index in [0.717, 1.165) is 29.1 Å². The Hall–Kier alpha value is -2.20. The number of rotatable bonds is 4. The van der Waals surface area contributed by atoms with Crippen LogP contribution in [0.2, 0.25) is 0 Å². The van der Waals surface area contributed by atoms with Crippen LogP contribution in [0.5, 0.6) is 0 Å². The third kappa shape index (κ3) is 2.18. The van der Waals surface area contributed by atoms with Crippen LogP contribution in [0, 0.1) is 0 Å². The van der Waals surface area contributed by atoms with Crippen LogP contribution in [0.4, 0.5) is 0 Å². The molecule has 100 valence electrons. The number of benzene rings is 1. The Balaban J connectivity index is 1.68. The minimum Gasteiger partial charge on any atom is -0.308 e. The normalized spacial score (nSPS) is 14.8. The Morgan fingerprint density at radius 2 is 2.00 bits per heavy atom. The Morgan fingerprint density at radius 1 is 1.10 bits per heavy atom. The molecule has 0 radical (unpaired) electrons. The number of fused-ring (bicyclic) bond motifs is 1. The van der Waals surface area contributed by atoms with E-state index in [1.165, 1.54) is 12.8 Å². The number of aromatic nitrogens is 3. The smallest absolute Gasteiger partial charge is 0.138 e. The average molecular weight is 264 g/mol. The molecule has 4 heteroatoms. The van der Waals surface area contributed by atoms with Crippen LogP contribution in [0.15, 0.2) is 48.8 Å². The summed E-state index contributed by atoms with van der Waals surface area (Å²) in [5, 5.41) is 3.50. The maximum Gasteiger partial charge on any atom is 0.138 e. The molecular weight excluding hydrogens is 248 g/mol. The van der Waals surface area contributed by atoms with E-state index < -0.39 is 0 Å². The zero-order valence-electron chi connectivity index (χ0n) is 11.2. The summed E-state index contributed by atoms with van der Waals surface area (Å²) in [6.07, 6.45) is 4.43.